The van der Waals surface area contributed by atoms with E-state index in [4.69, 9.17) is 14.2 Å². The highest BCUT2D eigenvalue weighted by Gasteiger charge is 2.19. The van der Waals surface area contributed by atoms with Crippen LogP contribution in [0.2, 0.25) is 0 Å². The van der Waals surface area contributed by atoms with Gasteiger partial charge >= 0.3 is 17.9 Å². The maximum Gasteiger partial charge on any atom is 0.306 e. The number of carbonyl (C=O) groups excluding carboxylic acids is 3. The highest BCUT2D eigenvalue weighted by Crippen LogP contribution is 2.17. The van der Waals surface area contributed by atoms with E-state index in [1.165, 1.54) is 141 Å². The molecule has 1 unspecified atom stereocenters. The Morgan fingerprint density at radius 1 is 0.263 bits per heavy atom. The number of unbranched alkanes of at least 4 members (excludes halogenated alkanes) is 32. The van der Waals surface area contributed by atoms with Gasteiger partial charge < -0.3 is 14.2 Å². The van der Waals surface area contributed by atoms with Crippen LogP contribution in [-0.4, -0.2) is 37.2 Å². The summed E-state index contributed by atoms with van der Waals surface area (Å²) in [7, 11) is 0. The molecular weight excluding hydrogens is 985 g/mol. The highest BCUT2D eigenvalue weighted by atomic mass is 16.6. The van der Waals surface area contributed by atoms with Gasteiger partial charge in [-0.05, 0) is 122 Å². The molecule has 0 bridgehead atoms. The van der Waals surface area contributed by atoms with Crippen LogP contribution < -0.4 is 0 Å². The summed E-state index contributed by atoms with van der Waals surface area (Å²) in [6.45, 7) is 6.46. The fraction of sp³-hybridized carbons (Fsp3) is 0.716. The van der Waals surface area contributed by atoms with E-state index < -0.39 is 6.10 Å². The first-order valence-corrected chi connectivity index (χ1v) is 33.9. The predicted octanol–water partition coefficient (Wildman–Crippen LogP) is 23.4. The van der Waals surface area contributed by atoms with Crippen LogP contribution in [0.4, 0.5) is 0 Å². The van der Waals surface area contributed by atoms with Gasteiger partial charge in [-0.25, -0.2) is 0 Å². The fourth-order valence-corrected chi connectivity index (χ4v) is 9.40. The van der Waals surface area contributed by atoms with Gasteiger partial charge in [0.25, 0.3) is 0 Å². The van der Waals surface area contributed by atoms with Crippen LogP contribution in [0.3, 0.4) is 0 Å². The SMILES string of the molecule is CC/C=C\C/C=C\C/C=C\C/C=C\C/C=C\CCCCCCCCCCCCCCCCCCCC(=O)OCC(COC(=O)CCCCCCC/C=C\C/C=C\CCCC)OC(=O)CCCCCCC/C=C\C/C=C\CCCCC. The minimum Gasteiger partial charge on any atom is -0.462 e. The lowest BCUT2D eigenvalue weighted by atomic mass is 10.0. The third-order valence-electron chi connectivity index (χ3n) is 14.5. The maximum atomic E-state index is 12.9. The van der Waals surface area contributed by atoms with Gasteiger partial charge in [0.1, 0.15) is 13.2 Å². The van der Waals surface area contributed by atoms with Crippen LogP contribution in [0.1, 0.15) is 323 Å². The summed E-state index contributed by atoms with van der Waals surface area (Å²) < 4.78 is 16.9. The van der Waals surface area contributed by atoms with Crippen molar-refractivity contribution in [2.45, 2.75) is 329 Å². The second kappa shape index (κ2) is 67.6. The molecule has 0 amide bonds. The van der Waals surface area contributed by atoms with Crippen LogP contribution in [-0.2, 0) is 28.6 Å². The summed E-state index contributed by atoms with van der Waals surface area (Å²) >= 11 is 0. The summed E-state index contributed by atoms with van der Waals surface area (Å²) in [5.74, 6) is -0.904. The second-order valence-electron chi connectivity index (χ2n) is 22.3. The molecule has 1 atom stereocenters. The minimum atomic E-state index is -0.791. The molecule has 0 spiro atoms. The summed E-state index contributed by atoms with van der Waals surface area (Å²) in [6.07, 6.45) is 92.6. The molecule has 0 fully saturated rings. The number of ether oxygens (including phenoxy) is 3. The first-order chi connectivity index (χ1) is 39.5. The number of esters is 3. The normalized spacial score (nSPS) is 12.8. The summed E-state index contributed by atoms with van der Waals surface area (Å²) in [4.78, 5) is 38.3. The smallest absolute Gasteiger partial charge is 0.306 e. The lowest BCUT2D eigenvalue weighted by Crippen LogP contribution is -2.30. The number of allylic oxidation sites excluding steroid dienone is 18. The molecule has 0 radical (unpaired) electrons. The largest absolute Gasteiger partial charge is 0.462 e. The van der Waals surface area contributed by atoms with Crippen LogP contribution in [0.25, 0.3) is 0 Å². The van der Waals surface area contributed by atoms with Crippen LogP contribution >= 0.6 is 0 Å². The topological polar surface area (TPSA) is 78.9 Å². The standard InChI is InChI=1S/C74H126O6/c1-4-7-10-13-16-19-22-25-28-29-30-31-32-33-34-35-36-37-38-39-40-41-42-43-44-45-47-49-52-55-58-61-64-67-73(76)79-70-71(69-78-72(75)66-63-60-57-54-51-48-27-24-21-18-15-12-9-6-3)80-74(77)68-65-62-59-56-53-50-46-26-23-20-17-14-11-8-5-2/h7,10,15-20,24-28,30-31,33-34,46,71H,4-6,8-9,11-14,21-23,29,32,35-45,47-70H2,1-3H3/b10-7-,18-15-,19-16-,20-17-,27-24-,28-25-,31-30-,34-33-,46-26-. The van der Waals surface area contributed by atoms with Gasteiger partial charge in [0.05, 0.1) is 0 Å². The molecule has 80 heavy (non-hydrogen) atoms. The molecule has 0 aliphatic rings. The third-order valence-corrected chi connectivity index (χ3v) is 14.5. The zero-order chi connectivity index (χ0) is 57.8. The first-order valence-electron chi connectivity index (χ1n) is 33.9. The van der Waals surface area contributed by atoms with Crippen molar-refractivity contribution >= 4 is 17.9 Å². The number of hydrogen-bond donors (Lipinski definition) is 0. The van der Waals surface area contributed by atoms with Gasteiger partial charge in [0.2, 0.25) is 0 Å². The Morgan fingerprint density at radius 2 is 0.500 bits per heavy atom. The quantitative estimate of drug-likeness (QED) is 0.0261. The summed E-state index contributed by atoms with van der Waals surface area (Å²) in [5.41, 5.74) is 0. The van der Waals surface area contributed by atoms with Crippen molar-refractivity contribution < 1.29 is 28.6 Å². The Morgan fingerprint density at radius 3 is 0.800 bits per heavy atom. The molecule has 0 aromatic carbocycles. The Balaban J connectivity index is 4.19. The summed E-state index contributed by atoms with van der Waals surface area (Å²) in [6, 6.07) is 0. The number of carbonyl (C=O) groups is 3. The molecule has 0 saturated heterocycles. The van der Waals surface area contributed by atoms with Crippen LogP contribution in [0.5, 0.6) is 0 Å². The first kappa shape index (κ1) is 76.1. The maximum absolute atomic E-state index is 12.9. The van der Waals surface area contributed by atoms with Crippen molar-refractivity contribution in [1.29, 1.82) is 0 Å². The molecule has 6 heteroatoms. The molecule has 0 rings (SSSR count). The molecular formula is C74H126O6. The number of rotatable bonds is 61. The molecule has 458 valence electrons. The molecule has 0 saturated carbocycles. The molecule has 0 aromatic rings. The predicted molar refractivity (Wildman–Crippen MR) is 348 cm³/mol. The Labute approximate surface area is 495 Å². The van der Waals surface area contributed by atoms with Gasteiger partial charge in [-0.3, -0.25) is 14.4 Å². The average molecular weight is 1110 g/mol. The third kappa shape index (κ3) is 64.9. The van der Waals surface area contributed by atoms with E-state index in [1.54, 1.807) is 0 Å². The second-order valence-corrected chi connectivity index (χ2v) is 22.3. The van der Waals surface area contributed by atoms with Gasteiger partial charge in [-0.15, -0.1) is 0 Å². The van der Waals surface area contributed by atoms with Crippen LogP contribution in [0.15, 0.2) is 109 Å². The van der Waals surface area contributed by atoms with E-state index in [0.717, 1.165) is 141 Å². The van der Waals surface area contributed by atoms with E-state index in [-0.39, 0.29) is 31.1 Å². The minimum absolute atomic E-state index is 0.0862. The Hall–Kier alpha value is -3.93. The number of hydrogen-bond acceptors (Lipinski definition) is 6. The molecule has 6 nitrogen and oxygen atoms in total. The van der Waals surface area contributed by atoms with Gasteiger partial charge in [0.15, 0.2) is 6.10 Å². The van der Waals surface area contributed by atoms with E-state index in [9.17, 15) is 14.4 Å². The lowest BCUT2D eigenvalue weighted by Gasteiger charge is -2.18. The van der Waals surface area contributed by atoms with Crippen molar-refractivity contribution in [1.82, 2.24) is 0 Å². The fourth-order valence-electron chi connectivity index (χ4n) is 9.40. The molecule has 0 aliphatic heterocycles. The Bertz CT molecular complexity index is 1610. The van der Waals surface area contributed by atoms with E-state index in [1.807, 2.05) is 0 Å². The average Bonchev–Trinajstić information content (AvgIpc) is 3.46. The van der Waals surface area contributed by atoms with Crippen molar-refractivity contribution in [3.8, 4) is 0 Å². The highest BCUT2D eigenvalue weighted by molar-refractivity contribution is 5.71. The Kier molecular flexibility index (Phi) is 64.3. The van der Waals surface area contributed by atoms with E-state index >= 15 is 0 Å². The van der Waals surface area contributed by atoms with E-state index in [0.29, 0.717) is 19.3 Å². The molecule has 0 heterocycles. The van der Waals surface area contributed by atoms with Crippen molar-refractivity contribution in [3.63, 3.8) is 0 Å². The molecule has 0 N–H and O–H groups in total. The van der Waals surface area contributed by atoms with Crippen molar-refractivity contribution in [2.75, 3.05) is 13.2 Å². The monoisotopic (exact) mass is 1110 g/mol. The van der Waals surface area contributed by atoms with Gasteiger partial charge in [-0.2, -0.15) is 0 Å². The van der Waals surface area contributed by atoms with Gasteiger partial charge in [-0.1, -0.05) is 291 Å². The van der Waals surface area contributed by atoms with E-state index in [2.05, 4.69) is 130 Å². The van der Waals surface area contributed by atoms with Crippen molar-refractivity contribution in [2.24, 2.45) is 0 Å². The van der Waals surface area contributed by atoms with Gasteiger partial charge in [0, 0.05) is 19.3 Å². The van der Waals surface area contributed by atoms with Crippen LogP contribution in [0, 0.1) is 0 Å². The molecule has 0 aliphatic carbocycles. The zero-order valence-electron chi connectivity index (χ0n) is 52.6. The summed E-state index contributed by atoms with van der Waals surface area (Å²) in [5, 5.41) is 0. The zero-order valence-corrected chi connectivity index (χ0v) is 52.6. The molecule has 0 aromatic heterocycles. The lowest BCUT2D eigenvalue weighted by molar-refractivity contribution is -0.167. The van der Waals surface area contributed by atoms with Crippen molar-refractivity contribution in [3.05, 3.63) is 109 Å².